The van der Waals surface area contributed by atoms with E-state index in [-0.39, 0.29) is 17.9 Å². The van der Waals surface area contributed by atoms with Gasteiger partial charge in [0, 0.05) is 38.8 Å². The summed E-state index contributed by atoms with van der Waals surface area (Å²) in [6.45, 7) is 1.58. The van der Waals surface area contributed by atoms with Crippen LogP contribution in [0.1, 0.15) is 51.4 Å². The molecule has 0 atom stereocenters. The minimum Gasteiger partial charge on any atom is -0.465 e. The Balaban J connectivity index is 1.06. The van der Waals surface area contributed by atoms with Crippen molar-refractivity contribution in [1.82, 2.24) is 20.4 Å². The minimum atomic E-state index is -0.00124. The van der Waals surface area contributed by atoms with Crippen LogP contribution in [0.3, 0.4) is 0 Å². The van der Waals surface area contributed by atoms with Crippen molar-refractivity contribution < 1.29 is 14.3 Å². The van der Waals surface area contributed by atoms with Gasteiger partial charge in [0.15, 0.2) is 0 Å². The van der Waals surface area contributed by atoms with Crippen molar-refractivity contribution in [2.45, 2.75) is 57.5 Å². The van der Waals surface area contributed by atoms with E-state index in [1.54, 1.807) is 0 Å². The van der Waals surface area contributed by atoms with Gasteiger partial charge in [-0.1, -0.05) is 16.4 Å². The predicted molar refractivity (Wildman–Crippen MR) is 118 cm³/mol. The molecule has 2 N–H and O–H groups in total. The van der Waals surface area contributed by atoms with Crippen molar-refractivity contribution in [1.29, 1.82) is 0 Å². The van der Waals surface area contributed by atoms with Crippen molar-refractivity contribution in [2.24, 2.45) is 11.8 Å². The SMILES string of the molecule is O=C(CC1CC1)Nc1nnc(OC2CCN(c3nnc(NC(=O)CC4CC4)s3)CC2)s1. The Morgan fingerprint density at radius 2 is 1.42 bits per heavy atom. The van der Waals surface area contributed by atoms with Crippen LogP contribution in [0, 0.1) is 11.8 Å². The predicted octanol–water partition coefficient (Wildman–Crippen LogP) is 2.91. The molecule has 0 aromatic carbocycles. The molecule has 2 amide bonds. The van der Waals surface area contributed by atoms with Crippen LogP contribution in [0.5, 0.6) is 5.19 Å². The molecule has 2 aromatic rings. The number of nitrogens with one attached hydrogen (secondary N) is 2. The third-order valence-corrected chi connectivity index (χ3v) is 7.26. The lowest BCUT2D eigenvalue weighted by Crippen LogP contribution is -2.38. The average Bonchev–Trinajstić information content (AvgIpc) is 3.64. The van der Waals surface area contributed by atoms with E-state index in [9.17, 15) is 9.59 Å². The maximum atomic E-state index is 11.9. The van der Waals surface area contributed by atoms with Gasteiger partial charge in [-0.25, -0.2) is 0 Å². The third kappa shape index (κ3) is 5.88. The summed E-state index contributed by atoms with van der Waals surface area (Å²) >= 11 is 2.67. The zero-order valence-corrected chi connectivity index (χ0v) is 18.7. The monoisotopic (exact) mass is 463 g/mol. The molecule has 3 fully saturated rings. The van der Waals surface area contributed by atoms with E-state index >= 15 is 0 Å². The quantitative estimate of drug-likeness (QED) is 0.582. The van der Waals surface area contributed by atoms with Crippen molar-refractivity contribution in [3.63, 3.8) is 0 Å². The second-order valence-electron chi connectivity index (χ2n) is 8.46. The normalized spacial score (nSPS) is 19.3. The Kier molecular flexibility index (Phi) is 5.99. The minimum absolute atomic E-state index is 0.00124. The molecule has 5 rings (SSSR count). The van der Waals surface area contributed by atoms with Crippen LogP contribution in [0.2, 0.25) is 0 Å². The van der Waals surface area contributed by atoms with Gasteiger partial charge in [0.05, 0.1) is 0 Å². The first-order valence-electron chi connectivity index (χ1n) is 10.8. The molecule has 12 heteroatoms. The molecular weight excluding hydrogens is 438 g/mol. The zero-order valence-electron chi connectivity index (χ0n) is 17.1. The first-order chi connectivity index (χ1) is 15.1. The molecule has 2 aromatic heterocycles. The fraction of sp³-hybridized carbons (Fsp3) is 0.684. The summed E-state index contributed by atoms with van der Waals surface area (Å²) < 4.78 is 5.97. The van der Waals surface area contributed by atoms with Gasteiger partial charge in [-0.3, -0.25) is 9.59 Å². The van der Waals surface area contributed by atoms with Crippen LogP contribution in [-0.4, -0.2) is 51.4 Å². The number of carbonyl (C=O) groups is 2. The molecule has 166 valence electrons. The standard InChI is InChI=1S/C19H25N7O3S2/c27-14(9-11-1-2-11)20-16-22-24-18(30-16)26-7-5-13(6-8-26)29-19-25-23-17(31-19)21-15(28)10-12-3-4-12/h11-13H,1-10H2,(H,20,22,27)(H,21,23,28). The molecule has 3 aliphatic rings. The highest BCUT2D eigenvalue weighted by Gasteiger charge is 2.27. The molecular formula is C19H25N7O3S2. The number of amides is 2. The van der Waals surface area contributed by atoms with E-state index in [0.717, 1.165) is 56.7 Å². The van der Waals surface area contributed by atoms with Crippen molar-refractivity contribution in [2.75, 3.05) is 28.6 Å². The number of aromatic nitrogens is 4. The molecule has 10 nitrogen and oxygen atoms in total. The van der Waals surface area contributed by atoms with E-state index in [2.05, 4.69) is 35.9 Å². The molecule has 2 saturated carbocycles. The summed E-state index contributed by atoms with van der Waals surface area (Å²) in [4.78, 5) is 26.0. The second kappa shape index (κ2) is 9.03. The van der Waals surface area contributed by atoms with Gasteiger partial charge in [0.25, 0.3) is 5.19 Å². The number of piperidine rings is 1. The summed E-state index contributed by atoms with van der Waals surface area (Å²) in [6, 6.07) is 0. The zero-order chi connectivity index (χ0) is 21.2. The first-order valence-corrected chi connectivity index (χ1v) is 12.4. The number of ether oxygens (including phenoxy) is 1. The highest BCUT2D eigenvalue weighted by atomic mass is 32.1. The summed E-state index contributed by atoms with van der Waals surface area (Å²) in [5.74, 6) is 1.11. The molecule has 0 bridgehead atoms. The number of nitrogens with zero attached hydrogens (tertiary/aromatic N) is 5. The Hall–Kier alpha value is -2.34. The Morgan fingerprint density at radius 3 is 2.03 bits per heavy atom. The summed E-state index contributed by atoms with van der Waals surface area (Å²) in [7, 11) is 0. The van der Waals surface area contributed by atoms with Gasteiger partial charge in [0.1, 0.15) is 6.10 Å². The van der Waals surface area contributed by atoms with Gasteiger partial charge in [-0.2, -0.15) is 0 Å². The topological polar surface area (TPSA) is 122 Å². The Bertz CT molecular complexity index is 933. The number of rotatable bonds is 9. The van der Waals surface area contributed by atoms with Gasteiger partial charge in [-0.15, -0.1) is 15.3 Å². The van der Waals surface area contributed by atoms with Crippen molar-refractivity contribution in [3.05, 3.63) is 0 Å². The van der Waals surface area contributed by atoms with Crippen LogP contribution in [0.25, 0.3) is 0 Å². The number of carbonyl (C=O) groups excluding carboxylic acids is 2. The molecule has 0 spiro atoms. The summed E-state index contributed by atoms with van der Waals surface area (Å²) in [5, 5.41) is 24.4. The molecule has 0 radical (unpaired) electrons. The van der Waals surface area contributed by atoms with E-state index in [1.807, 2.05) is 0 Å². The maximum Gasteiger partial charge on any atom is 0.296 e. The Morgan fingerprint density at radius 1 is 0.839 bits per heavy atom. The smallest absolute Gasteiger partial charge is 0.296 e. The van der Waals surface area contributed by atoms with E-state index < -0.39 is 0 Å². The number of hydrogen-bond acceptors (Lipinski definition) is 10. The summed E-state index contributed by atoms with van der Waals surface area (Å²) in [5.41, 5.74) is 0. The molecule has 1 aliphatic heterocycles. The lowest BCUT2D eigenvalue weighted by molar-refractivity contribution is -0.117. The van der Waals surface area contributed by atoms with Crippen LogP contribution in [0.15, 0.2) is 0 Å². The second-order valence-corrected chi connectivity index (χ2v) is 10.4. The largest absolute Gasteiger partial charge is 0.465 e. The molecule has 1 saturated heterocycles. The van der Waals surface area contributed by atoms with Gasteiger partial charge in [-0.05, 0) is 48.9 Å². The number of anilines is 3. The fourth-order valence-corrected chi connectivity index (χ4v) is 5.01. The van der Waals surface area contributed by atoms with Crippen LogP contribution < -0.4 is 20.3 Å². The van der Waals surface area contributed by atoms with E-state index in [4.69, 9.17) is 4.74 Å². The highest BCUT2D eigenvalue weighted by molar-refractivity contribution is 7.19. The van der Waals surface area contributed by atoms with E-state index in [0.29, 0.717) is 40.1 Å². The van der Waals surface area contributed by atoms with Crippen LogP contribution in [-0.2, 0) is 9.59 Å². The van der Waals surface area contributed by atoms with Crippen molar-refractivity contribution in [3.8, 4) is 5.19 Å². The lowest BCUT2D eigenvalue weighted by Gasteiger charge is -2.30. The maximum absolute atomic E-state index is 11.9. The molecule has 31 heavy (non-hydrogen) atoms. The molecule has 2 aliphatic carbocycles. The van der Waals surface area contributed by atoms with Crippen LogP contribution >= 0.6 is 22.7 Å². The van der Waals surface area contributed by atoms with Crippen LogP contribution in [0.4, 0.5) is 15.4 Å². The highest BCUT2D eigenvalue weighted by Crippen LogP contribution is 2.34. The first kappa shape index (κ1) is 20.6. The molecule has 0 unspecified atom stereocenters. The number of hydrogen-bond donors (Lipinski definition) is 2. The Labute approximate surface area is 187 Å². The lowest BCUT2D eigenvalue weighted by atomic mass is 10.1. The van der Waals surface area contributed by atoms with Gasteiger partial charge in [0.2, 0.25) is 27.2 Å². The fourth-order valence-electron chi connectivity index (χ4n) is 3.52. The third-order valence-electron chi connectivity index (χ3n) is 5.64. The van der Waals surface area contributed by atoms with Gasteiger partial charge >= 0.3 is 0 Å². The van der Waals surface area contributed by atoms with Crippen molar-refractivity contribution >= 4 is 49.9 Å². The van der Waals surface area contributed by atoms with E-state index in [1.165, 1.54) is 22.7 Å². The summed E-state index contributed by atoms with van der Waals surface area (Å²) in [6.07, 6.45) is 7.43. The molecule has 3 heterocycles. The average molecular weight is 464 g/mol. The van der Waals surface area contributed by atoms with Gasteiger partial charge < -0.3 is 20.3 Å².